The molecule has 0 aliphatic heterocycles. The molecule has 1 aliphatic rings. The van der Waals surface area contributed by atoms with E-state index in [4.69, 9.17) is 10.5 Å². The van der Waals surface area contributed by atoms with Crippen molar-refractivity contribution in [1.82, 2.24) is 5.32 Å². The summed E-state index contributed by atoms with van der Waals surface area (Å²) in [6.07, 6.45) is -1.38. The minimum Gasteiger partial charge on any atom is -0.443 e. The molecule has 1 fully saturated rings. The van der Waals surface area contributed by atoms with Gasteiger partial charge in [0.15, 0.2) is 0 Å². The van der Waals surface area contributed by atoms with Crippen molar-refractivity contribution in [2.24, 2.45) is 5.73 Å². The molecule has 3 rings (SSSR count). The number of benzene rings is 2. The van der Waals surface area contributed by atoms with E-state index < -0.39 is 29.9 Å². The Balaban J connectivity index is 1.68. The van der Waals surface area contributed by atoms with Gasteiger partial charge in [0.1, 0.15) is 23.8 Å². The Morgan fingerprint density at radius 1 is 1.25 bits per heavy atom. The van der Waals surface area contributed by atoms with Gasteiger partial charge in [-0.2, -0.15) is 0 Å². The highest BCUT2D eigenvalue weighted by Crippen LogP contribution is 2.45. The summed E-state index contributed by atoms with van der Waals surface area (Å²) in [5.74, 6) is -1.48. The Hall–Kier alpha value is -2.51. The van der Waals surface area contributed by atoms with Gasteiger partial charge in [0.25, 0.3) is 0 Å². The van der Waals surface area contributed by atoms with Gasteiger partial charge >= 0.3 is 6.09 Å². The van der Waals surface area contributed by atoms with Gasteiger partial charge in [-0.1, -0.05) is 29.8 Å². The van der Waals surface area contributed by atoms with Crippen molar-refractivity contribution < 1.29 is 23.4 Å². The number of hydrogen-bond donors (Lipinski definition) is 3. The molecule has 0 spiro atoms. The van der Waals surface area contributed by atoms with E-state index in [0.29, 0.717) is 0 Å². The molecule has 1 saturated carbocycles. The fourth-order valence-corrected chi connectivity index (χ4v) is 3.43. The lowest BCUT2D eigenvalue weighted by atomic mass is 10.0. The molecule has 0 bridgehead atoms. The van der Waals surface area contributed by atoms with Gasteiger partial charge in [0.2, 0.25) is 0 Å². The van der Waals surface area contributed by atoms with Gasteiger partial charge in [-0.15, -0.1) is 0 Å². The molecule has 0 saturated heterocycles. The number of halogens is 2. The van der Waals surface area contributed by atoms with Crippen molar-refractivity contribution >= 4 is 6.09 Å². The molecule has 0 aromatic heterocycles. The van der Waals surface area contributed by atoms with Crippen LogP contribution in [-0.2, 0) is 16.7 Å². The van der Waals surface area contributed by atoms with Crippen molar-refractivity contribution in [3.63, 3.8) is 0 Å². The van der Waals surface area contributed by atoms with Crippen LogP contribution in [0.5, 0.6) is 0 Å². The smallest absolute Gasteiger partial charge is 0.404 e. The first-order valence-corrected chi connectivity index (χ1v) is 9.19. The van der Waals surface area contributed by atoms with E-state index in [0.717, 1.165) is 42.2 Å². The summed E-state index contributed by atoms with van der Waals surface area (Å²) in [5, 5.41) is 13.9. The fourth-order valence-electron chi connectivity index (χ4n) is 3.43. The Morgan fingerprint density at radius 2 is 1.93 bits per heavy atom. The van der Waals surface area contributed by atoms with Crippen LogP contribution in [0.25, 0.3) is 0 Å². The highest BCUT2D eigenvalue weighted by atomic mass is 19.1. The van der Waals surface area contributed by atoms with Crippen molar-refractivity contribution in [2.75, 3.05) is 6.54 Å². The number of aliphatic hydroxyl groups excluding tert-OH is 1. The van der Waals surface area contributed by atoms with Crippen LogP contribution >= 0.6 is 0 Å². The van der Waals surface area contributed by atoms with E-state index >= 15 is 0 Å². The number of carbonyl (C=O) groups is 1. The molecule has 28 heavy (non-hydrogen) atoms. The monoisotopic (exact) mass is 390 g/mol. The van der Waals surface area contributed by atoms with Gasteiger partial charge in [-0.3, -0.25) is 0 Å². The zero-order valence-electron chi connectivity index (χ0n) is 15.6. The summed E-state index contributed by atoms with van der Waals surface area (Å²) in [5.41, 5.74) is 7.44. The van der Waals surface area contributed by atoms with Gasteiger partial charge in [0, 0.05) is 24.6 Å². The summed E-state index contributed by atoms with van der Waals surface area (Å²) >= 11 is 0. The number of aryl methyl sites for hydroxylation is 1. The lowest BCUT2D eigenvalue weighted by molar-refractivity contribution is 0.00561. The average molecular weight is 390 g/mol. The van der Waals surface area contributed by atoms with E-state index in [1.54, 1.807) is 0 Å². The van der Waals surface area contributed by atoms with Gasteiger partial charge in [-0.25, -0.2) is 13.6 Å². The number of amides is 1. The molecule has 2 atom stereocenters. The van der Waals surface area contributed by atoms with Crippen LogP contribution < -0.4 is 11.1 Å². The van der Waals surface area contributed by atoms with Crippen LogP contribution in [0.4, 0.5) is 13.6 Å². The standard InChI is InChI=1S/C21H24F2N2O3/c1-13-3-2-4-15(7-13)21(5-6-21)25-12-18(26)19(28-20(24)27)10-14-8-16(22)11-17(23)9-14/h2-4,7-9,11,18-19,25-26H,5-6,10,12H2,1H3,(H2,24,27)/t18-,19+/m1/s1. The Morgan fingerprint density at radius 3 is 2.50 bits per heavy atom. The molecular weight excluding hydrogens is 366 g/mol. The number of primary amides is 1. The van der Waals surface area contributed by atoms with Crippen LogP contribution in [0.2, 0.25) is 0 Å². The molecule has 7 heteroatoms. The molecule has 5 nitrogen and oxygen atoms in total. The highest BCUT2D eigenvalue weighted by molar-refractivity contribution is 5.64. The minimum atomic E-state index is -1.10. The largest absolute Gasteiger partial charge is 0.443 e. The van der Waals surface area contributed by atoms with Gasteiger partial charge < -0.3 is 20.9 Å². The number of rotatable bonds is 8. The molecule has 0 radical (unpaired) electrons. The van der Waals surface area contributed by atoms with E-state index in [-0.39, 0.29) is 24.1 Å². The summed E-state index contributed by atoms with van der Waals surface area (Å²) < 4.78 is 31.9. The Bertz CT molecular complexity index is 835. The molecule has 1 amide bonds. The highest BCUT2D eigenvalue weighted by Gasteiger charge is 2.44. The first-order chi connectivity index (χ1) is 13.3. The van der Waals surface area contributed by atoms with Crippen molar-refractivity contribution in [1.29, 1.82) is 0 Å². The Labute approximate surface area is 162 Å². The van der Waals surface area contributed by atoms with Crippen LogP contribution in [0.3, 0.4) is 0 Å². The van der Waals surface area contributed by atoms with Crippen LogP contribution in [0, 0.1) is 18.6 Å². The van der Waals surface area contributed by atoms with Crippen molar-refractivity contribution in [3.05, 3.63) is 70.8 Å². The fraction of sp³-hybridized carbons (Fsp3) is 0.381. The maximum atomic E-state index is 13.4. The lowest BCUT2D eigenvalue weighted by Crippen LogP contribution is -2.44. The second-order valence-corrected chi connectivity index (χ2v) is 7.36. The number of hydrogen-bond acceptors (Lipinski definition) is 4. The minimum absolute atomic E-state index is 0.0576. The maximum Gasteiger partial charge on any atom is 0.404 e. The summed E-state index contributed by atoms with van der Waals surface area (Å²) in [7, 11) is 0. The van der Waals surface area contributed by atoms with E-state index in [2.05, 4.69) is 11.4 Å². The van der Waals surface area contributed by atoms with E-state index in [9.17, 15) is 18.7 Å². The average Bonchev–Trinajstić information content (AvgIpc) is 3.39. The van der Waals surface area contributed by atoms with E-state index in [1.165, 1.54) is 0 Å². The topological polar surface area (TPSA) is 84.6 Å². The molecule has 4 N–H and O–H groups in total. The first-order valence-electron chi connectivity index (χ1n) is 9.19. The van der Waals surface area contributed by atoms with E-state index in [1.807, 2.05) is 25.1 Å². The molecular formula is C21H24F2N2O3. The molecule has 0 heterocycles. The zero-order chi connectivity index (χ0) is 20.3. The number of ether oxygens (including phenoxy) is 1. The summed E-state index contributed by atoms with van der Waals surface area (Å²) in [4.78, 5) is 11.2. The number of nitrogens with one attached hydrogen (secondary N) is 1. The molecule has 2 aromatic carbocycles. The predicted octanol–water partition coefficient (Wildman–Crippen LogP) is 2.92. The van der Waals surface area contributed by atoms with Crippen LogP contribution in [-0.4, -0.2) is 30.0 Å². The third-order valence-corrected chi connectivity index (χ3v) is 5.03. The van der Waals surface area contributed by atoms with Gasteiger partial charge in [-0.05, 0) is 43.0 Å². The first kappa shape index (κ1) is 20.2. The number of nitrogens with two attached hydrogens (primary N) is 1. The van der Waals surface area contributed by atoms with Crippen LogP contribution in [0.15, 0.2) is 42.5 Å². The molecule has 150 valence electrons. The quantitative estimate of drug-likeness (QED) is 0.647. The summed E-state index contributed by atoms with van der Waals surface area (Å²) in [6, 6.07) is 11.2. The molecule has 1 aliphatic carbocycles. The van der Waals surface area contributed by atoms with Crippen LogP contribution in [0.1, 0.15) is 29.5 Å². The summed E-state index contributed by atoms with van der Waals surface area (Å²) in [6.45, 7) is 2.16. The SMILES string of the molecule is Cc1cccc(C2(NC[C@@H](O)[C@H](Cc3cc(F)cc(F)c3)OC(N)=O)CC2)c1. The molecule has 2 aromatic rings. The third-order valence-electron chi connectivity index (χ3n) is 5.03. The zero-order valence-corrected chi connectivity index (χ0v) is 15.6. The predicted molar refractivity (Wildman–Crippen MR) is 101 cm³/mol. The van der Waals surface area contributed by atoms with Crippen molar-refractivity contribution in [2.45, 2.75) is 43.9 Å². The maximum absolute atomic E-state index is 13.4. The van der Waals surface area contributed by atoms with Gasteiger partial charge in [0.05, 0.1) is 0 Å². The molecule has 0 unspecified atom stereocenters. The lowest BCUT2D eigenvalue weighted by Gasteiger charge is -2.26. The second-order valence-electron chi connectivity index (χ2n) is 7.36. The Kier molecular flexibility index (Phi) is 5.96. The third kappa shape index (κ3) is 5.05. The number of aliphatic hydroxyl groups is 1. The number of carbonyl (C=O) groups excluding carboxylic acids is 1. The second kappa shape index (κ2) is 8.24. The van der Waals surface area contributed by atoms with Crippen molar-refractivity contribution in [3.8, 4) is 0 Å². The normalized spacial score (nSPS) is 17.0.